The summed E-state index contributed by atoms with van der Waals surface area (Å²) in [4.78, 5) is 16.5. The smallest absolute Gasteiger partial charge is 0.314 e. The van der Waals surface area contributed by atoms with Crippen molar-refractivity contribution in [3.63, 3.8) is 0 Å². The van der Waals surface area contributed by atoms with Gasteiger partial charge in [0.05, 0.1) is 18.2 Å². The second-order valence-electron chi connectivity index (χ2n) is 7.71. The van der Waals surface area contributed by atoms with E-state index in [-0.39, 0.29) is 17.8 Å². The van der Waals surface area contributed by atoms with Gasteiger partial charge in [0.2, 0.25) is 5.78 Å². The number of hydrogen-bond donors (Lipinski definition) is 0. The Bertz CT molecular complexity index is 1230. The lowest BCUT2D eigenvalue weighted by molar-refractivity contribution is -0.140. The molecule has 0 radical (unpaired) electrons. The minimum absolute atomic E-state index is 0.253. The number of hydrogen-bond acceptors (Lipinski definition) is 3. The zero-order chi connectivity index (χ0) is 23.6. The maximum atomic E-state index is 13.8. The largest absolute Gasteiger partial charge is 0.434 e. The predicted octanol–water partition coefficient (Wildman–Crippen LogP) is 4.29. The first-order chi connectivity index (χ1) is 14.7. The molecule has 32 heavy (non-hydrogen) atoms. The van der Waals surface area contributed by atoms with Gasteiger partial charge in [0.25, 0.3) is 11.5 Å². The fraction of sp³-hybridized carbons (Fsp3) is 0.500. The third-order valence-corrected chi connectivity index (χ3v) is 5.25. The van der Waals surface area contributed by atoms with E-state index in [1.54, 1.807) is 0 Å². The molecular formula is C18H15F8N5O. The van der Waals surface area contributed by atoms with Gasteiger partial charge >= 0.3 is 12.4 Å². The normalized spacial score (nSPS) is 18.5. The molecule has 0 bridgehead atoms. The Morgan fingerprint density at radius 1 is 1.16 bits per heavy atom. The minimum atomic E-state index is -5.09. The Morgan fingerprint density at radius 3 is 2.38 bits per heavy atom. The van der Waals surface area contributed by atoms with Crippen LogP contribution in [0, 0.1) is 12.8 Å². The van der Waals surface area contributed by atoms with E-state index < -0.39 is 66.2 Å². The second kappa shape index (κ2) is 7.04. The van der Waals surface area contributed by atoms with Crippen molar-refractivity contribution in [3.8, 4) is 11.1 Å². The van der Waals surface area contributed by atoms with Crippen LogP contribution in [0.3, 0.4) is 0 Å². The Morgan fingerprint density at radius 2 is 1.81 bits per heavy atom. The van der Waals surface area contributed by atoms with Crippen LogP contribution in [0.15, 0.2) is 23.4 Å². The summed E-state index contributed by atoms with van der Waals surface area (Å²) < 4.78 is 108. The molecule has 14 heteroatoms. The van der Waals surface area contributed by atoms with E-state index in [1.165, 1.54) is 13.1 Å². The fourth-order valence-electron chi connectivity index (χ4n) is 3.48. The number of nitrogens with zero attached hydrogens (tertiary/aromatic N) is 5. The van der Waals surface area contributed by atoms with Crippen LogP contribution in [0.25, 0.3) is 16.9 Å². The molecule has 1 aliphatic carbocycles. The minimum Gasteiger partial charge on any atom is -0.314 e. The fourth-order valence-corrected chi connectivity index (χ4v) is 3.48. The maximum absolute atomic E-state index is 13.8. The third kappa shape index (κ3) is 4.09. The van der Waals surface area contributed by atoms with Crippen LogP contribution in [0.1, 0.15) is 24.2 Å². The third-order valence-electron chi connectivity index (χ3n) is 5.25. The molecule has 3 aromatic heterocycles. The summed E-state index contributed by atoms with van der Waals surface area (Å²) >= 11 is 0. The van der Waals surface area contributed by atoms with Crippen LogP contribution >= 0.6 is 0 Å². The van der Waals surface area contributed by atoms with Crippen molar-refractivity contribution in [1.29, 1.82) is 0 Å². The van der Waals surface area contributed by atoms with Crippen molar-refractivity contribution in [2.45, 2.75) is 51.1 Å². The first-order valence-corrected chi connectivity index (χ1v) is 9.34. The van der Waals surface area contributed by atoms with Crippen molar-refractivity contribution in [1.82, 2.24) is 23.7 Å². The first-order valence-electron chi connectivity index (χ1n) is 9.34. The second-order valence-corrected chi connectivity index (χ2v) is 7.71. The van der Waals surface area contributed by atoms with Gasteiger partial charge in [0.15, 0.2) is 5.69 Å². The van der Waals surface area contributed by atoms with Gasteiger partial charge in [-0.25, -0.2) is 13.8 Å². The quantitative estimate of drug-likeness (QED) is 0.524. The molecule has 3 aromatic rings. The van der Waals surface area contributed by atoms with E-state index in [2.05, 4.69) is 10.1 Å². The van der Waals surface area contributed by atoms with E-state index in [4.69, 9.17) is 0 Å². The zero-order valence-corrected chi connectivity index (χ0v) is 16.3. The molecule has 4 rings (SSSR count). The standard InChI is InChI=1S/C18H15F8N5O/c1-9-6-31-14(32)12(10-5-27-29(7-10)3-2-17(21,22)23)13(18(24,25)26)28-15(31)30(9)8-11-4-16(11,19)20/h5-7,11H,2-4,8H2,1H3/t11-/m1/s1. The first kappa shape index (κ1) is 22.3. The number of halogens is 8. The predicted molar refractivity (Wildman–Crippen MR) is 94.1 cm³/mol. The Labute approximate surface area is 174 Å². The van der Waals surface area contributed by atoms with Crippen LogP contribution in [-0.4, -0.2) is 35.8 Å². The number of aromatic nitrogens is 5. The molecule has 0 aliphatic heterocycles. The zero-order valence-electron chi connectivity index (χ0n) is 16.3. The Kier molecular flexibility index (Phi) is 4.90. The van der Waals surface area contributed by atoms with Crippen LogP contribution in [0.4, 0.5) is 35.1 Å². The van der Waals surface area contributed by atoms with Crippen LogP contribution in [0.2, 0.25) is 0 Å². The van der Waals surface area contributed by atoms with Gasteiger partial charge in [-0.15, -0.1) is 0 Å². The molecule has 0 unspecified atom stereocenters. The summed E-state index contributed by atoms with van der Waals surface area (Å²) in [5, 5.41) is 3.61. The summed E-state index contributed by atoms with van der Waals surface area (Å²) in [5.41, 5.74) is -3.70. The molecule has 0 spiro atoms. The summed E-state index contributed by atoms with van der Waals surface area (Å²) in [6.45, 7) is 0.484. The number of aryl methyl sites for hydroxylation is 2. The molecule has 1 aliphatic rings. The van der Waals surface area contributed by atoms with Crippen molar-refractivity contribution in [2.75, 3.05) is 0 Å². The van der Waals surface area contributed by atoms with Gasteiger partial charge < -0.3 is 4.57 Å². The van der Waals surface area contributed by atoms with Crippen LogP contribution in [-0.2, 0) is 19.3 Å². The van der Waals surface area contributed by atoms with Gasteiger partial charge in [0, 0.05) is 49.1 Å². The number of fused-ring (bicyclic) bond motifs is 1. The Hall–Kier alpha value is -2.93. The summed E-state index contributed by atoms with van der Waals surface area (Å²) in [7, 11) is 0. The summed E-state index contributed by atoms with van der Waals surface area (Å²) in [5.74, 6) is -4.45. The van der Waals surface area contributed by atoms with E-state index >= 15 is 0 Å². The molecule has 0 N–H and O–H groups in total. The maximum Gasteiger partial charge on any atom is 0.434 e. The monoisotopic (exact) mass is 469 g/mol. The summed E-state index contributed by atoms with van der Waals surface area (Å²) in [6.07, 6.45) is -8.33. The highest BCUT2D eigenvalue weighted by molar-refractivity contribution is 5.65. The Balaban J connectivity index is 1.82. The van der Waals surface area contributed by atoms with Gasteiger partial charge in [-0.05, 0) is 6.92 Å². The molecule has 0 amide bonds. The van der Waals surface area contributed by atoms with Crippen molar-refractivity contribution < 1.29 is 35.1 Å². The number of imidazole rings is 1. The van der Waals surface area contributed by atoms with E-state index in [0.29, 0.717) is 0 Å². The van der Waals surface area contributed by atoms with Gasteiger partial charge in [-0.3, -0.25) is 13.9 Å². The molecule has 1 atom stereocenters. The van der Waals surface area contributed by atoms with E-state index in [0.717, 1.165) is 26.0 Å². The highest BCUT2D eigenvalue weighted by Crippen LogP contribution is 2.49. The SMILES string of the molecule is Cc1cn2c(=O)c(-c3cnn(CCC(F)(F)F)c3)c(C(F)(F)F)nc2n1C[C@H]1CC1(F)F. The topological polar surface area (TPSA) is 57.1 Å². The van der Waals surface area contributed by atoms with Crippen molar-refractivity contribution in [3.05, 3.63) is 40.3 Å². The van der Waals surface area contributed by atoms with Gasteiger partial charge in [-0.1, -0.05) is 0 Å². The van der Waals surface area contributed by atoms with Crippen molar-refractivity contribution >= 4 is 5.78 Å². The van der Waals surface area contributed by atoms with Gasteiger partial charge in [0.1, 0.15) is 0 Å². The molecular weight excluding hydrogens is 454 g/mol. The molecule has 0 aromatic carbocycles. The lowest BCUT2D eigenvalue weighted by Crippen LogP contribution is -2.24. The molecule has 6 nitrogen and oxygen atoms in total. The lowest BCUT2D eigenvalue weighted by Gasteiger charge is -2.12. The van der Waals surface area contributed by atoms with Crippen LogP contribution < -0.4 is 5.56 Å². The number of rotatable bonds is 5. The van der Waals surface area contributed by atoms with Gasteiger partial charge in [-0.2, -0.15) is 31.4 Å². The molecule has 1 saturated carbocycles. The van der Waals surface area contributed by atoms with E-state index in [9.17, 15) is 39.9 Å². The van der Waals surface area contributed by atoms with Crippen molar-refractivity contribution in [2.24, 2.45) is 5.92 Å². The van der Waals surface area contributed by atoms with Crippen LogP contribution in [0.5, 0.6) is 0 Å². The molecule has 174 valence electrons. The molecule has 1 fully saturated rings. The number of alkyl halides is 8. The average molecular weight is 469 g/mol. The molecule has 3 heterocycles. The highest BCUT2D eigenvalue weighted by Gasteiger charge is 2.57. The highest BCUT2D eigenvalue weighted by atomic mass is 19.4. The lowest BCUT2D eigenvalue weighted by atomic mass is 10.1. The summed E-state index contributed by atoms with van der Waals surface area (Å²) in [6, 6.07) is 0. The average Bonchev–Trinajstić information content (AvgIpc) is 2.97. The van der Waals surface area contributed by atoms with E-state index in [1.807, 2.05) is 0 Å². The molecule has 0 saturated heterocycles.